The monoisotopic (exact) mass is 246 g/mol. The van der Waals surface area contributed by atoms with Crippen LogP contribution in [0.4, 0.5) is 0 Å². The van der Waals surface area contributed by atoms with Crippen molar-refractivity contribution in [2.24, 2.45) is 5.92 Å². The number of hydrogen-bond acceptors (Lipinski definition) is 0. The summed E-state index contributed by atoms with van der Waals surface area (Å²) >= 11 is 0. The molecule has 102 valence electrons. The standard InChI is InChI=1S/C17H31B/c1-2-7-15(8-3-1)9-6-14-18-16-10-4-11-17(18)13-5-12-16/h15-17H,1-14H2. The molecule has 2 bridgehead atoms. The van der Waals surface area contributed by atoms with Gasteiger partial charge in [-0.05, 0) is 5.92 Å². The highest BCUT2D eigenvalue weighted by molar-refractivity contribution is 6.62. The van der Waals surface area contributed by atoms with Gasteiger partial charge in [-0.25, -0.2) is 0 Å². The molecular formula is C17H31B. The van der Waals surface area contributed by atoms with Crippen LogP contribution in [0.2, 0.25) is 18.0 Å². The maximum Gasteiger partial charge on any atom is 0.146 e. The van der Waals surface area contributed by atoms with Crippen molar-refractivity contribution in [3.63, 3.8) is 0 Å². The average Bonchev–Trinajstić information content (AvgIpc) is 2.39. The predicted octanol–water partition coefficient (Wildman–Crippen LogP) is 5.95. The van der Waals surface area contributed by atoms with Crippen molar-refractivity contribution in [3.05, 3.63) is 0 Å². The minimum absolute atomic E-state index is 1.11. The van der Waals surface area contributed by atoms with Crippen LogP contribution in [-0.2, 0) is 0 Å². The van der Waals surface area contributed by atoms with Crippen LogP contribution in [-0.4, -0.2) is 6.71 Å². The minimum atomic E-state index is 1.11. The summed E-state index contributed by atoms with van der Waals surface area (Å²) < 4.78 is 0. The third-order valence-electron chi connectivity index (χ3n) is 6.39. The van der Waals surface area contributed by atoms with Gasteiger partial charge in [0.2, 0.25) is 0 Å². The summed E-state index contributed by atoms with van der Waals surface area (Å²) in [4.78, 5) is 0. The Bertz CT molecular complexity index is 222. The minimum Gasteiger partial charge on any atom is -0.0737 e. The van der Waals surface area contributed by atoms with Crippen molar-refractivity contribution in [2.75, 3.05) is 0 Å². The van der Waals surface area contributed by atoms with Crippen molar-refractivity contribution in [3.8, 4) is 0 Å². The molecule has 0 spiro atoms. The smallest absolute Gasteiger partial charge is 0.0737 e. The van der Waals surface area contributed by atoms with E-state index in [1.54, 1.807) is 70.5 Å². The lowest BCUT2D eigenvalue weighted by atomic mass is 9.25. The Morgan fingerprint density at radius 3 is 1.89 bits per heavy atom. The average molecular weight is 246 g/mol. The molecule has 1 saturated carbocycles. The quantitative estimate of drug-likeness (QED) is 0.537. The van der Waals surface area contributed by atoms with E-state index < -0.39 is 0 Å². The maximum atomic E-state index is 1.59. The van der Waals surface area contributed by atoms with Crippen LogP contribution in [0.25, 0.3) is 0 Å². The van der Waals surface area contributed by atoms with Crippen molar-refractivity contribution in [1.82, 2.24) is 0 Å². The van der Waals surface area contributed by atoms with Crippen LogP contribution in [0.5, 0.6) is 0 Å². The molecule has 3 aliphatic rings. The fourth-order valence-corrected chi connectivity index (χ4v) is 5.40. The van der Waals surface area contributed by atoms with Gasteiger partial charge in [-0.3, -0.25) is 0 Å². The van der Waals surface area contributed by atoms with Gasteiger partial charge in [-0.1, -0.05) is 101 Å². The van der Waals surface area contributed by atoms with Crippen molar-refractivity contribution in [2.45, 2.75) is 101 Å². The Hall–Kier alpha value is 0.0649. The van der Waals surface area contributed by atoms with Gasteiger partial charge in [0.1, 0.15) is 6.71 Å². The molecule has 1 heteroatoms. The Balaban J connectivity index is 1.41. The van der Waals surface area contributed by atoms with Crippen LogP contribution >= 0.6 is 0 Å². The Morgan fingerprint density at radius 2 is 1.28 bits per heavy atom. The van der Waals surface area contributed by atoms with Crippen molar-refractivity contribution in [1.29, 1.82) is 0 Å². The zero-order valence-corrected chi connectivity index (χ0v) is 12.2. The maximum absolute atomic E-state index is 1.59. The van der Waals surface area contributed by atoms with Crippen LogP contribution in [0.3, 0.4) is 0 Å². The molecular weight excluding hydrogens is 215 g/mol. The van der Waals surface area contributed by atoms with Crippen LogP contribution in [0, 0.1) is 5.92 Å². The zero-order valence-electron chi connectivity index (χ0n) is 12.2. The van der Waals surface area contributed by atoms with E-state index in [0.29, 0.717) is 0 Å². The molecule has 1 aliphatic carbocycles. The van der Waals surface area contributed by atoms with Gasteiger partial charge in [0.25, 0.3) is 0 Å². The highest BCUT2D eigenvalue weighted by atomic mass is 14.3. The Morgan fingerprint density at radius 1 is 0.667 bits per heavy atom. The van der Waals surface area contributed by atoms with E-state index in [-0.39, 0.29) is 0 Å². The van der Waals surface area contributed by atoms with E-state index in [1.807, 2.05) is 0 Å². The summed E-state index contributed by atoms with van der Waals surface area (Å²) in [6, 6.07) is 0. The molecule has 0 aromatic heterocycles. The fraction of sp³-hybridized carbons (Fsp3) is 1.00. The molecule has 0 radical (unpaired) electrons. The topological polar surface area (TPSA) is 0 Å². The third-order valence-corrected chi connectivity index (χ3v) is 6.39. The Labute approximate surface area is 114 Å². The molecule has 0 amide bonds. The van der Waals surface area contributed by atoms with Gasteiger partial charge in [0.05, 0.1) is 0 Å². The molecule has 0 aromatic carbocycles. The number of fused-ring (bicyclic) bond motifs is 2. The van der Waals surface area contributed by atoms with Crippen molar-refractivity contribution >= 4 is 6.71 Å². The van der Waals surface area contributed by atoms with Crippen LogP contribution in [0.15, 0.2) is 0 Å². The van der Waals surface area contributed by atoms with Crippen molar-refractivity contribution < 1.29 is 0 Å². The normalized spacial score (nSPS) is 33.7. The SMILES string of the molecule is C1CCC(CCCB2C3CCCC2CCC3)CC1. The molecule has 2 saturated heterocycles. The molecule has 18 heavy (non-hydrogen) atoms. The van der Waals surface area contributed by atoms with Gasteiger partial charge in [-0.15, -0.1) is 0 Å². The van der Waals surface area contributed by atoms with E-state index in [0.717, 1.165) is 24.3 Å². The summed E-state index contributed by atoms with van der Waals surface area (Å²) in [5.74, 6) is 3.40. The van der Waals surface area contributed by atoms with Gasteiger partial charge in [-0.2, -0.15) is 0 Å². The second-order valence-electron chi connectivity index (χ2n) is 7.48. The molecule has 2 heterocycles. The molecule has 0 nitrogen and oxygen atoms in total. The van der Waals surface area contributed by atoms with E-state index in [2.05, 4.69) is 0 Å². The largest absolute Gasteiger partial charge is 0.146 e. The van der Waals surface area contributed by atoms with Gasteiger partial charge >= 0.3 is 0 Å². The van der Waals surface area contributed by atoms with Gasteiger partial charge in [0.15, 0.2) is 0 Å². The molecule has 0 unspecified atom stereocenters. The molecule has 0 N–H and O–H groups in total. The van der Waals surface area contributed by atoms with E-state index in [9.17, 15) is 0 Å². The van der Waals surface area contributed by atoms with Crippen LogP contribution in [0.1, 0.15) is 83.5 Å². The summed E-state index contributed by atoms with van der Waals surface area (Å²) in [6.45, 7) is 1.15. The van der Waals surface area contributed by atoms with E-state index in [4.69, 9.17) is 0 Å². The first-order chi connectivity index (χ1) is 8.93. The second kappa shape index (κ2) is 6.48. The van der Waals surface area contributed by atoms with Crippen LogP contribution < -0.4 is 0 Å². The third kappa shape index (κ3) is 3.14. The predicted molar refractivity (Wildman–Crippen MR) is 81.6 cm³/mol. The lowest BCUT2D eigenvalue weighted by molar-refractivity contribution is 0.335. The molecule has 3 rings (SSSR count). The van der Waals surface area contributed by atoms with Gasteiger partial charge in [0, 0.05) is 0 Å². The molecule has 2 aliphatic heterocycles. The lowest BCUT2D eigenvalue weighted by Gasteiger charge is -2.41. The molecule has 0 atom stereocenters. The lowest BCUT2D eigenvalue weighted by Crippen LogP contribution is -2.34. The Kier molecular flexibility index (Phi) is 4.71. The number of rotatable bonds is 4. The summed E-state index contributed by atoms with van der Waals surface area (Å²) in [6.07, 6.45) is 21.8. The summed E-state index contributed by atoms with van der Waals surface area (Å²) in [7, 11) is 0. The second-order valence-corrected chi connectivity index (χ2v) is 7.48. The first-order valence-corrected chi connectivity index (χ1v) is 8.93. The molecule has 0 aromatic rings. The fourth-order valence-electron chi connectivity index (χ4n) is 5.40. The molecule has 3 fully saturated rings. The van der Waals surface area contributed by atoms with E-state index >= 15 is 0 Å². The van der Waals surface area contributed by atoms with Gasteiger partial charge < -0.3 is 0 Å². The van der Waals surface area contributed by atoms with E-state index in [1.165, 1.54) is 19.3 Å². The number of hydrogen-bond donors (Lipinski definition) is 0. The summed E-state index contributed by atoms with van der Waals surface area (Å²) in [5, 5.41) is 0. The zero-order chi connectivity index (χ0) is 12.2. The highest BCUT2D eigenvalue weighted by Gasteiger charge is 2.38. The summed E-state index contributed by atoms with van der Waals surface area (Å²) in [5.41, 5.74) is 0. The first-order valence-electron chi connectivity index (χ1n) is 8.93. The highest BCUT2D eigenvalue weighted by Crippen LogP contribution is 2.48. The first kappa shape index (κ1) is 13.1.